The number of aryl methyl sites for hydroxylation is 2. The van der Waals surface area contributed by atoms with E-state index in [2.05, 4.69) is 10.4 Å². The van der Waals surface area contributed by atoms with Crippen LogP contribution in [-0.2, 0) is 14.4 Å². The summed E-state index contributed by atoms with van der Waals surface area (Å²) >= 11 is 0. The number of anilines is 2. The van der Waals surface area contributed by atoms with Crippen molar-refractivity contribution >= 4 is 34.7 Å². The molecule has 2 aromatic carbocycles. The minimum atomic E-state index is -1.19. The summed E-state index contributed by atoms with van der Waals surface area (Å²) in [7, 11) is 0. The standard InChI is InChI=1S/C20H19N3O3/c1-12-9-10-16(13(2)11-12)21-19(25)18(24)17-14(3)22-23(20(17)26)15-7-5-4-6-8-15/h4-11,17H,1-3H3,(H,21,25)/t17-/m0/s1. The minimum Gasteiger partial charge on any atom is -0.319 e. The molecule has 6 heteroatoms. The van der Waals surface area contributed by atoms with Gasteiger partial charge in [0.2, 0.25) is 5.78 Å². The highest BCUT2D eigenvalue weighted by Gasteiger charge is 2.42. The molecule has 0 saturated carbocycles. The van der Waals surface area contributed by atoms with Crippen LogP contribution in [0.2, 0.25) is 0 Å². The highest BCUT2D eigenvalue weighted by molar-refractivity contribution is 6.50. The van der Waals surface area contributed by atoms with E-state index >= 15 is 0 Å². The molecule has 0 fully saturated rings. The third-order valence-corrected chi connectivity index (χ3v) is 4.25. The van der Waals surface area contributed by atoms with Crippen molar-refractivity contribution in [2.24, 2.45) is 11.0 Å². The van der Waals surface area contributed by atoms with Gasteiger partial charge in [0, 0.05) is 5.69 Å². The molecule has 1 atom stereocenters. The second kappa shape index (κ2) is 6.92. The molecule has 1 N–H and O–H groups in total. The van der Waals surface area contributed by atoms with Crippen molar-refractivity contribution in [2.75, 3.05) is 10.3 Å². The van der Waals surface area contributed by atoms with Crippen molar-refractivity contribution in [1.82, 2.24) is 0 Å². The molecular weight excluding hydrogens is 330 g/mol. The SMILES string of the molecule is CC1=NN(c2ccccc2)C(=O)[C@@H]1C(=O)C(=O)Nc1ccc(C)cc1C. The van der Waals surface area contributed by atoms with Crippen LogP contribution in [0.3, 0.4) is 0 Å². The summed E-state index contributed by atoms with van der Waals surface area (Å²) < 4.78 is 0. The molecule has 0 aromatic heterocycles. The second-order valence-corrected chi connectivity index (χ2v) is 6.30. The van der Waals surface area contributed by atoms with Gasteiger partial charge in [0.1, 0.15) is 5.92 Å². The summed E-state index contributed by atoms with van der Waals surface area (Å²) in [5, 5.41) is 7.92. The van der Waals surface area contributed by atoms with E-state index in [4.69, 9.17) is 0 Å². The molecule has 0 bridgehead atoms. The van der Waals surface area contributed by atoms with Crippen LogP contribution in [0.25, 0.3) is 0 Å². The van der Waals surface area contributed by atoms with Crippen molar-refractivity contribution in [3.8, 4) is 0 Å². The largest absolute Gasteiger partial charge is 0.319 e. The molecule has 1 heterocycles. The third kappa shape index (κ3) is 3.26. The van der Waals surface area contributed by atoms with E-state index in [0.29, 0.717) is 17.1 Å². The number of carbonyl (C=O) groups excluding carboxylic acids is 3. The molecule has 0 spiro atoms. The number of hydrogen-bond donors (Lipinski definition) is 1. The number of hydrazone groups is 1. The molecule has 2 aromatic rings. The predicted molar refractivity (Wildman–Crippen MR) is 100 cm³/mol. The topological polar surface area (TPSA) is 78.8 Å². The van der Waals surface area contributed by atoms with Crippen molar-refractivity contribution in [2.45, 2.75) is 20.8 Å². The van der Waals surface area contributed by atoms with Gasteiger partial charge in [-0.1, -0.05) is 35.9 Å². The Balaban J connectivity index is 1.78. The van der Waals surface area contributed by atoms with Crippen LogP contribution in [0.4, 0.5) is 11.4 Å². The fraction of sp³-hybridized carbons (Fsp3) is 0.200. The normalized spacial score (nSPS) is 16.4. The van der Waals surface area contributed by atoms with E-state index in [0.717, 1.165) is 11.1 Å². The van der Waals surface area contributed by atoms with Crippen molar-refractivity contribution < 1.29 is 14.4 Å². The van der Waals surface area contributed by atoms with Gasteiger partial charge < -0.3 is 5.32 Å². The van der Waals surface area contributed by atoms with E-state index in [1.807, 2.05) is 32.0 Å². The average molecular weight is 349 g/mol. The van der Waals surface area contributed by atoms with Crippen LogP contribution < -0.4 is 10.3 Å². The summed E-state index contributed by atoms with van der Waals surface area (Å²) in [5.41, 5.74) is 3.31. The molecule has 26 heavy (non-hydrogen) atoms. The van der Waals surface area contributed by atoms with Gasteiger partial charge in [-0.05, 0) is 44.5 Å². The van der Waals surface area contributed by atoms with Crippen molar-refractivity contribution in [3.05, 3.63) is 59.7 Å². The Morgan fingerprint density at radius 2 is 1.73 bits per heavy atom. The molecule has 132 valence electrons. The summed E-state index contributed by atoms with van der Waals surface area (Å²) in [6.45, 7) is 5.37. The van der Waals surface area contributed by atoms with Gasteiger partial charge in [0.05, 0.1) is 11.4 Å². The maximum Gasteiger partial charge on any atom is 0.293 e. The number of benzene rings is 2. The highest BCUT2D eigenvalue weighted by Crippen LogP contribution is 2.25. The molecule has 2 amide bonds. The van der Waals surface area contributed by atoms with E-state index < -0.39 is 23.5 Å². The fourth-order valence-electron chi connectivity index (χ4n) is 2.89. The predicted octanol–water partition coefficient (Wildman–Crippen LogP) is 2.85. The molecule has 0 aliphatic carbocycles. The van der Waals surface area contributed by atoms with Crippen LogP contribution in [0.15, 0.2) is 53.6 Å². The number of nitrogens with one attached hydrogen (secondary N) is 1. The number of ketones is 1. The molecule has 0 saturated heterocycles. The maximum absolute atomic E-state index is 12.6. The Kier molecular flexibility index (Phi) is 4.67. The van der Waals surface area contributed by atoms with E-state index in [1.165, 1.54) is 5.01 Å². The van der Waals surface area contributed by atoms with Crippen LogP contribution in [-0.4, -0.2) is 23.3 Å². The number of para-hydroxylation sites is 1. The minimum absolute atomic E-state index is 0.305. The Labute approximate surface area is 151 Å². The Morgan fingerprint density at radius 3 is 2.38 bits per heavy atom. The quantitative estimate of drug-likeness (QED) is 0.681. The molecule has 1 aliphatic heterocycles. The lowest BCUT2D eigenvalue weighted by molar-refractivity contribution is -0.138. The molecule has 1 aliphatic rings. The third-order valence-electron chi connectivity index (χ3n) is 4.25. The fourth-order valence-corrected chi connectivity index (χ4v) is 2.89. The summed E-state index contributed by atoms with van der Waals surface area (Å²) in [5.74, 6) is -3.34. The highest BCUT2D eigenvalue weighted by atomic mass is 16.2. The molecule has 6 nitrogen and oxygen atoms in total. The van der Waals surface area contributed by atoms with Crippen LogP contribution >= 0.6 is 0 Å². The van der Waals surface area contributed by atoms with E-state index in [-0.39, 0.29) is 0 Å². The van der Waals surface area contributed by atoms with Gasteiger partial charge in [0.25, 0.3) is 11.8 Å². The monoisotopic (exact) mass is 349 g/mol. The maximum atomic E-state index is 12.6. The number of carbonyl (C=O) groups is 3. The number of nitrogens with zero attached hydrogens (tertiary/aromatic N) is 2. The number of Topliss-reactive ketones (excluding diaryl/α,β-unsaturated/α-hetero) is 1. The van der Waals surface area contributed by atoms with Crippen molar-refractivity contribution in [3.63, 3.8) is 0 Å². The van der Waals surface area contributed by atoms with Crippen LogP contribution in [0, 0.1) is 19.8 Å². The lowest BCUT2D eigenvalue weighted by Gasteiger charge is -2.14. The van der Waals surface area contributed by atoms with Crippen molar-refractivity contribution in [1.29, 1.82) is 0 Å². The van der Waals surface area contributed by atoms with E-state index in [9.17, 15) is 14.4 Å². The Morgan fingerprint density at radius 1 is 1.04 bits per heavy atom. The zero-order valence-electron chi connectivity index (χ0n) is 14.8. The van der Waals surface area contributed by atoms with Gasteiger partial charge in [0.15, 0.2) is 0 Å². The van der Waals surface area contributed by atoms with Gasteiger partial charge >= 0.3 is 0 Å². The smallest absolute Gasteiger partial charge is 0.293 e. The van der Waals surface area contributed by atoms with Crippen LogP contribution in [0.1, 0.15) is 18.1 Å². The Bertz CT molecular complexity index is 919. The molecular formula is C20H19N3O3. The lowest BCUT2D eigenvalue weighted by Crippen LogP contribution is -2.39. The van der Waals surface area contributed by atoms with Gasteiger partial charge in [-0.15, -0.1) is 0 Å². The molecule has 0 radical (unpaired) electrons. The number of hydrogen-bond acceptors (Lipinski definition) is 4. The first-order chi connectivity index (χ1) is 12.4. The Hall–Kier alpha value is -3.28. The lowest BCUT2D eigenvalue weighted by atomic mass is 9.98. The second-order valence-electron chi connectivity index (χ2n) is 6.30. The number of amides is 2. The summed E-state index contributed by atoms with van der Waals surface area (Å²) in [4.78, 5) is 37.6. The number of rotatable bonds is 4. The first kappa shape index (κ1) is 17.5. The first-order valence-electron chi connectivity index (χ1n) is 8.25. The summed E-state index contributed by atoms with van der Waals surface area (Å²) in [6, 6.07) is 14.3. The van der Waals surface area contributed by atoms with Gasteiger partial charge in [-0.2, -0.15) is 10.1 Å². The van der Waals surface area contributed by atoms with Gasteiger partial charge in [-0.25, -0.2) is 0 Å². The van der Waals surface area contributed by atoms with Gasteiger partial charge in [-0.3, -0.25) is 14.4 Å². The van der Waals surface area contributed by atoms with E-state index in [1.54, 1.807) is 37.3 Å². The first-order valence-corrected chi connectivity index (χ1v) is 8.25. The average Bonchev–Trinajstić information content (AvgIpc) is 2.92. The molecule has 3 rings (SSSR count). The molecule has 0 unspecified atom stereocenters. The summed E-state index contributed by atoms with van der Waals surface area (Å²) in [6.07, 6.45) is 0. The zero-order chi connectivity index (χ0) is 18.8. The van der Waals surface area contributed by atoms with Crippen LogP contribution in [0.5, 0.6) is 0 Å². The zero-order valence-corrected chi connectivity index (χ0v) is 14.8.